The van der Waals surface area contributed by atoms with E-state index in [1.165, 1.54) is 0 Å². The quantitative estimate of drug-likeness (QED) is 0.509. The zero-order valence-corrected chi connectivity index (χ0v) is 15.6. The molecule has 136 valence electrons. The monoisotopic (exact) mass is 385 g/mol. The van der Waals surface area contributed by atoms with Crippen LogP contribution in [0.2, 0.25) is 0 Å². The van der Waals surface area contributed by atoms with Gasteiger partial charge >= 0.3 is 5.97 Å². The summed E-state index contributed by atoms with van der Waals surface area (Å²) in [4.78, 5) is 26.8. The molecule has 3 rings (SSSR count). The average molecular weight is 386 g/mol. The van der Waals surface area contributed by atoms with E-state index in [1.807, 2.05) is 24.3 Å². The normalized spacial score (nSPS) is 27.7. The van der Waals surface area contributed by atoms with E-state index in [0.717, 1.165) is 11.3 Å². The standard InChI is InChI=1S/C18H21Cl2NO4/c1-24-13-5-3-12(4-6-13)11-21-15-17(23)25-18(15,8-2-9-19)14(7-10-20)16(21)22/h3-6,14-15H,2,7-11H2,1H3/t14-,15?,18?/m0/s1. The molecule has 5 nitrogen and oxygen atoms in total. The summed E-state index contributed by atoms with van der Waals surface area (Å²) < 4.78 is 10.7. The van der Waals surface area contributed by atoms with Gasteiger partial charge in [0.1, 0.15) is 5.75 Å². The molecule has 2 heterocycles. The van der Waals surface area contributed by atoms with Crippen LogP contribution in [0.4, 0.5) is 0 Å². The van der Waals surface area contributed by atoms with Crippen LogP contribution in [0, 0.1) is 5.92 Å². The van der Waals surface area contributed by atoms with Gasteiger partial charge in [-0.05, 0) is 37.0 Å². The second kappa shape index (κ2) is 7.42. The molecule has 1 aromatic rings. The maximum Gasteiger partial charge on any atom is 0.333 e. The van der Waals surface area contributed by atoms with Gasteiger partial charge in [0.15, 0.2) is 11.6 Å². The number of halogens is 2. The fourth-order valence-corrected chi connectivity index (χ4v) is 4.26. The number of rotatable bonds is 8. The first-order chi connectivity index (χ1) is 12.1. The van der Waals surface area contributed by atoms with Gasteiger partial charge in [0.2, 0.25) is 5.91 Å². The Labute approximate surface area is 157 Å². The summed E-state index contributed by atoms with van der Waals surface area (Å²) in [5, 5.41) is 0. The molecule has 0 N–H and O–H groups in total. The number of hydrogen-bond donors (Lipinski definition) is 0. The lowest BCUT2D eigenvalue weighted by Gasteiger charge is -2.46. The Kier molecular flexibility index (Phi) is 5.44. The van der Waals surface area contributed by atoms with Crippen molar-refractivity contribution in [3.05, 3.63) is 29.8 Å². The Hall–Kier alpha value is -1.46. The lowest BCUT2D eigenvalue weighted by molar-refractivity contribution is -0.212. The van der Waals surface area contributed by atoms with E-state index in [2.05, 4.69) is 0 Å². The minimum Gasteiger partial charge on any atom is -0.497 e. The SMILES string of the molecule is COc1ccc(CN2C(=O)[C@H](CCCl)C3(CCCCl)OC(=O)C23)cc1. The molecule has 2 unspecified atom stereocenters. The molecule has 2 fully saturated rings. The number of carbonyl (C=O) groups excluding carboxylic acids is 2. The zero-order chi connectivity index (χ0) is 18.0. The van der Waals surface area contributed by atoms with Crippen LogP contribution in [0.1, 0.15) is 24.8 Å². The van der Waals surface area contributed by atoms with Gasteiger partial charge in [0, 0.05) is 18.3 Å². The van der Waals surface area contributed by atoms with Crippen LogP contribution in [0.15, 0.2) is 24.3 Å². The number of methoxy groups -OCH3 is 1. The summed E-state index contributed by atoms with van der Waals surface area (Å²) >= 11 is 11.7. The van der Waals surface area contributed by atoms with Gasteiger partial charge in [0.25, 0.3) is 0 Å². The third kappa shape index (κ3) is 3.08. The number of alkyl halides is 2. The Morgan fingerprint density at radius 2 is 1.92 bits per heavy atom. The van der Waals surface area contributed by atoms with E-state index < -0.39 is 17.6 Å². The first-order valence-electron chi connectivity index (χ1n) is 8.35. The summed E-state index contributed by atoms with van der Waals surface area (Å²) in [5.41, 5.74) is 0.163. The van der Waals surface area contributed by atoms with Crippen LogP contribution >= 0.6 is 23.2 Å². The maximum absolute atomic E-state index is 13.0. The molecule has 2 saturated heterocycles. The van der Waals surface area contributed by atoms with E-state index in [1.54, 1.807) is 12.0 Å². The molecule has 1 amide bonds. The fraction of sp³-hybridized carbons (Fsp3) is 0.556. The molecule has 7 heteroatoms. The number of benzene rings is 1. The predicted octanol–water partition coefficient (Wildman–Crippen LogP) is 2.97. The van der Waals surface area contributed by atoms with Crippen LogP contribution in [0.3, 0.4) is 0 Å². The van der Waals surface area contributed by atoms with Crippen molar-refractivity contribution in [1.82, 2.24) is 4.90 Å². The summed E-state index contributed by atoms with van der Waals surface area (Å²) in [5.74, 6) is 0.756. The Bertz CT molecular complexity index is 651. The molecule has 2 aliphatic rings. The lowest BCUT2D eigenvalue weighted by atomic mass is 9.76. The third-order valence-corrected chi connectivity index (χ3v) is 5.56. The Morgan fingerprint density at radius 3 is 2.48 bits per heavy atom. The maximum atomic E-state index is 13.0. The first-order valence-corrected chi connectivity index (χ1v) is 9.42. The van der Waals surface area contributed by atoms with Crippen LogP contribution in [0.5, 0.6) is 5.75 Å². The van der Waals surface area contributed by atoms with E-state index in [-0.39, 0.29) is 11.9 Å². The van der Waals surface area contributed by atoms with Gasteiger partial charge in [-0.15, -0.1) is 23.2 Å². The smallest absolute Gasteiger partial charge is 0.333 e. The average Bonchev–Trinajstić information content (AvgIpc) is 2.79. The largest absolute Gasteiger partial charge is 0.497 e. The van der Waals surface area contributed by atoms with Gasteiger partial charge in [0.05, 0.1) is 13.0 Å². The van der Waals surface area contributed by atoms with Crippen LogP contribution < -0.4 is 4.74 Å². The molecule has 0 saturated carbocycles. The first kappa shape index (κ1) is 18.3. The molecule has 0 spiro atoms. The molecule has 0 aliphatic carbocycles. The third-order valence-electron chi connectivity index (χ3n) is 5.07. The number of ether oxygens (including phenoxy) is 2. The molecule has 3 atom stereocenters. The number of carbonyl (C=O) groups is 2. The van der Waals surface area contributed by atoms with Crippen molar-refractivity contribution in [1.29, 1.82) is 0 Å². The van der Waals surface area contributed by atoms with Gasteiger partial charge < -0.3 is 14.4 Å². The van der Waals surface area contributed by atoms with E-state index in [0.29, 0.717) is 37.6 Å². The molecule has 2 aliphatic heterocycles. The molecule has 0 bridgehead atoms. The van der Waals surface area contributed by atoms with Crippen molar-refractivity contribution < 1.29 is 19.1 Å². The number of nitrogens with zero attached hydrogens (tertiary/aromatic N) is 1. The van der Waals surface area contributed by atoms with Crippen molar-refractivity contribution in [2.75, 3.05) is 18.9 Å². The number of esters is 1. The Morgan fingerprint density at radius 1 is 1.20 bits per heavy atom. The molecular weight excluding hydrogens is 365 g/mol. The molecule has 0 radical (unpaired) electrons. The second-order valence-corrected chi connectivity index (χ2v) is 7.17. The fourth-order valence-electron chi connectivity index (χ4n) is 3.91. The van der Waals surface area contributed by atoms with Crippen LogP contribution in [0.25, 0.3) is 0 Å². The highest BCUT2D eigenvalue weighted by Gasteiger charge is 2.70. The minimum absolute atomic E-state index is 0.0677. The highest BCUT2D eigenvalue weighted by molar-refractivity contribution is 6.18. The van der Waals surface area contributed by atoms with Crippen molar-refractivity contribution in [3.8, 4) is 5.75 Å². The summed E-state index contributed by atoms with van der Waals surface area (Å²) in [6, 6.07) is 6.92. The van der Waals surface area contributed by atoms with Crippen molar-refractivity contribution in [2.24, 2.45) is 5.92 Å². The minimum atomic E-state index is -0.773. The number of likely N-dealkylation sites (tertiary alicyclic amines) is 1. The van der Waals surface area contributed by atoms with E-state index in [4.69, 9.17) is 32.7 Å². The number of fused-ring (bicyclic) bond motifs is 1. The number of amides is 1. The van der Waals surface area contributed by atoms with Crippen molar-refractivity contribution in [3.63, 3.8) is 0 Å². The summed E-state index contributed by atoms with van der Waals surface area (Å²) in [6.07, 6.45) is 1.76. The second-order valence-electron chi connectivity index (χ2n) is 6.42. The predicted molar refractivity (Wildman–Crippen MR) is 94.9 cm³/mol. The zero-order valence-electron chi connectivity index (χ0n) is 14.0. The van der Waals surface area contributed by atoms with Gasteiger partial charge in [-0.25, -0.2) is 4.79 Å². The molecular formula is C18H21Cl2NO4. The van der Waals surface area contributed by atoms with Crippen LogP contribution in [-0.4, -0.2) is 47.3 Å². The van der Waals surface area contributed by atoms with E-state index in [9.17, 15) is 9.59 Å². The topological polar surface area (TPSA) is 55.8 Å². The van der Waals surface area contributed by atoms with Gasteiger partial charge in [-0.2, -0.15) is 0 Å². The van der Waals surface area contributed by atoms with Gasteiger partial charge in [-0.3, -0.25) is 4.79 Å². The summed E-state index contributed by atoms with van der Waals surface area (Å²) in [6.45, 7) is 0.365. The summed E-state index contributed by atoms with van der Waals surface area (Å²) in [7, 11) is 1.60. The van der Waals surface area contributed by atoms with Gasteiger partial charge in [-0.1, -0.05) is 12.1 Å². The highest BCUT2D eigenvalue weighted by Crippen LogP contribution is 2.50. The lowest BCUT2D eigenvalue weighted by Crippen LogP contribution is -2.65. The van der Waals surface area contributed by atoms with Crippen molar-refractivity contribution in [2.45, 2.75) is 37.5 Å². The molecule has 25 heavy (non-hydrogen) atoms. The van der Waals surface area contributed by atoms with Crippen LogP contribution in [-0.2, 0) is 20.9 Å². The Balaban J connectivity index is 1.85. The van der Waals surface area contributed by atoms with E-state index >= 15 is 0 Å². The number of hydrogen-bond acceptors (Lipinski definition) is 4. The molecule has 1 aromatic carbocycles. The highest BCUT2D eigenvalue weighted by atomic mass is 35.5. The van der Waals surface area contributed by atoms with Crippen molar-refractivity contribution >= 4 is 35.1 Å². The molecule has 0 aromatic heterocycles.